The first-order chi connectivity index (χ1) is 18.3. The van der Waals surface area contributed by atoms with E-state index in [2.05, 4.69) is 24.9 Å². The number of aromatic nitrogens is 5. The van der Waals surface area contributed by atoms with E-state index in [1.807, 2.05) is 0 Å². The standard InChI is InChI=1S/C24H30FN7O5S/c1-35-17-10-18(14-31(13-17)23-26-11-16(25)12-27-23)38(33,34)30-24-29-28-22(15-6-4-7-15)32(24)21-19(36-2)8-5-9-20(21)37-3/h5,8-9,11-12,15,17-18H,4,6-7,10,13-14H2,1-3H3,(H,29,30)/t17-,18+/m0/s1. The molecule has 5 rings (SSSR count). The first kappa shape index (κ1) is 26.1. The molecule has 38 heavy (non-hydrogen) atoms. The quantitative estimate of drug-likeness (QED) is 0.426. The van der Waals surface area contributed by atoms with E-state index in [4.69, 9.17) is 14.2 Å². The van der Waals surface area contributed by atoms with Crippen LogP contribution < -0.4 is 19.1 Å². The van der Waals surface area contributed by atoms with Gasteiger partial charge in [0.2, 0.25) is 21.9 Å². The Labute approximate surface area is 220 Å². The molecule has 1 saturated heterocycles. The lowest BCUT2D eigenvalue weighted by Gasteiger charge is -2.36. The minimum absolute atomic E-state index is 0.0406. The predicted octanol–water partition coefficient (Wildman–Crippen LogP) is 2.52. The van der Waals surface area contributed by atoms with Crippen molar-refractivity contribution in [1.29, 1.82) is 0 Å². The highest BCUT2D eigenvalue weighted by Gasteiger charge is 2.38. The number of anilines is 2. The minimum atomic E-state index is -4.01. The van der Waals surface area contributed by atoms with Gasteiger partial charge >= 0.3 is 0 Å². The van der Waals surface area contributed by atoms with Crippen molar-refractivity contribution in [2.24, 2.45) is 0 Å². The highest BCUT2D eigenvalue weighted by Crippen LogP contribution is 2.42. The van der Waals surface area contributed by atoms with Crippen molar-refractivity contribution < 1.29 is 27.0 Å². The zero-order chi connectivity index (χ0) is 26.9. The van der Waals surface area contributed by atoms with E-state index in [1.54, 1.807) is 27.7 Å². The third-order valence-electron chi connectivity index (χ3n) is 7.05. The largest absolute Gasteiger partial charge is 0.494 e. The van der Waals surface area contributed by atoms with Gasteiger partial charge in [-0.15, -0.1) is 10.2 Å². The molecule has 14 heteroatoms. The van der Waals surface area contributed by atoms with Gasteiger partial charge in [0, 0.05) is 26.1 Å². The summed E-state index contributed by atoms with van der Waals surface area (Å²) < 4.78 is 62.0. The van der Waals surface area contributed by atoms with Crippen LogP contribution in [0.5, 0.6) is 11.5 Å². The van der Waals surface area contributed by atoms with Crippen LogP contribution in [0.1, 0.15) is 37.4 Å². The Bertz CT molecular complexity index is 1360. The predicted molar refractivity (Wildman–Crippen MR) is 137 cm³/mol. The normalized spacial score (nSPS) is 20.2. The highest BCUT2D eigenvalue weighted by atomic mass is 32.2. The molecular weight excluding hydrogens is 517 g/mol. The molecule has 2 aliphatic rings. The summed E-state index contributed by atoms with van der Waals surface area (Å²) in [6.07, 6.45) is 4.84. The molecule has 204 valence electrons. The smallest absolute Gasteiger partial charge is 0.243 e. The number of benzene rings is 1. The Morgan fingerprint density at radius 3 is 2.29 bits per heavy atom. The van der Waals surface area contributed by atoms with Crippen molar-refractivity contribution in [1.82, 2.24) is 24.7 Å². The lowest BCUT2D eigenvalue weighted by atomic mass is 9.85. The number of sulfonamides is 1. The van der Waals surface area contributed by atoms with E-state index in [1.165, 1.54) is 21.3 Å². The lowest BCUT2D eigenvalue weighted by molar-refractivity contribution is 0.0898. The summed E-state index contributed by atoms with van der Waals surface area (Å²) in [5, 5.41) is 7.74. The second-order valence-corrected chi connectivity index (χ2v) is 11.3. The summed E-state index contributed by atoms with van der Waals surface area (Å²) in [6.45, 7) is 0.455. The van der Waals surface area contributed by atoms with Gasteiger partial charge < -0.3 is 19.1 Å². The zero-order valence-corrected chi connectivity index (χ0v) is 22.2. The summed E-state index contributed by atoms with van der Waals surface area (Å²) >= 11 is 0. The topological polar surface area (TPSA) is 134 Å². The van der Waals surface area contributed by atoms with Crippen LogP contribution in [0.25, 0.3) is 5.69 Å². The molecule has 0 radical (unpaired) electrons. The fraction of sp³-hybridized carbons (Fsp3) is 0.500. The Morgan fingerprint density at radius 2 is 1.71 bits per heavy atom. The van der Waals surface area contributed by atoms with Crippen LogP contribution in [0.15, 0.2) is 30.6 Å². The fourth-order valence-electron chi connectivity index (χ4n) is 4.81. The van der Waals surface area contributed by atoms with Gasteiger partial charge in [-0.25, -0.2) is 22.8 Å². The molecule has 3 heterocycles. The molecule has 0 bridgehead atoms. The third-order valence-corrected chi connectivity index (χ3v) is 8.74. The SMILES string of the molecule is COc1cccc(OC)c1-n1c(NS(=O)(=O)[C@@H]2C[C@H](OC)CN(c3ncc(F)cn3)C2)nnc1C1CCC1. The van der Waals surface area contributed by atoms with Gasteiger partial charge in [0.25, 0.3) is 0 Å². The van der Waals surface area contributed by atoms with Crippen molar-refractivity contribution >= 4 is 21.9 Å². The lowest BCUT2D eigenvalue weighted by Crippen LogP contribution is -2.51. The summed E-state index contributed by atoms with van der Waals surface area (Å²) in [4.78, 5) is 9.71. The van der Waals surface area contributed by atoms with E-state index in [-0.39, 0.29) is 30.8 Å². The van der Waals surface area contributed by atoms with Crippen molar-refractivity contribution in [2.45, 2.75) is 43.0 Å². The molecule has 2 aromatic heterocycles. The number of rotatable bonds is 9. The maximum Gasteiger partial charge on any atom is 0.243 e. The molecule has 1 aliphatic heterocycles. The molecule has 1 saturated carbocycles. The van der Waals surface area contributed by atoms with E-state index in [0.29, 0.717) is 29.6 Å². The molecule has 3 aromatic rings. The van der Waals surface area contributed by atoms with Gasteiger partial charge in [0.1, 0.15) is 28.3 Å². The summed E-state index contributed by atoms with van der Waals surface area (Å²) in [6, 6.07) is 5.33. The van der Waals surface area contributed by atoms with Crippen LogP contribution >= 0.6 is 0 Å². The van der Waals surface area contributed by atoms with Gasteiger partial charge in [-0.1, -0.05) is 12.5 Å². The molecule has 12 nitrogen and oxygen atoms in total. The number of nitrogens with zero attached hydrogens (tertiary/aromatic N) is 6. The Kier molecular flexibility index (Phi) is 7.34. The van der Waals surface area contributed by atoms with Gasteiger partial charge in [-0.2, -0.15) is 0 Å². The molecule has 2 fully saturated rings. The molecule has 1 N–H and O–H groups in total. The van der Waals surface area contributed by atoms with Crippen LogP contribution in [0.3, 0.4) is 0 Å². The number of piperidine rings is 1. The van der Waals surface area contributed by atoms with E-state index >= 15 is 0 Å². The van der Waals surface area contributed by atoms with Crippen molar-refractivity contribution in [2.75, 3.05) is 44.0 Å². The maximum atomic E-state index is 13.8. The second-order valence-electron chi connectivity index (χ2n) is 9.32. The molecule has 0 unspecified atom stereocenters. The number of methoxy groups -OCH3 is 3. The highest BCUT2D eigenvalue weighted by molar-refractivity contribution is 7.93. The third kappa shape index (κ3) is 4.97. The van der Waals surface area contributed by atoms with Crippen LogP contribution in [0.4, 0.5) is 16.3 Å². The monoisotopic (exact) mass is 547 g/mol. The molecule has 2 atom stereocenters. The number of hydrogen-bond acceptors (Lipinski definition) is 10. The molecule has 1 aromatic carbocycles. The average Bonchev–Trinajstić information content (AvgIpc) is 3.28. The molecule has 0 amide bonds. The number of para-hydroxylation sites is 1. The molecule has 0 spiro atoms. The number of nitrogens with one attached hydrogen (secondary N) is 1. The first-order valence-electron chi connectivity index (χ1n) is 12.3. The summed E-state index contributed by atoms with van der Waals surface area (Å²) in [5.74, 6) is 1.43. The van der Waals surface area contributed by atoms with E-state index in [9.17, 15) is 12.8 Å². The number of halogens is 1. The first-order valence-corrected chi connectivity index (χ1v) is 13.8. The Hall–Kier alpha value is -3.52. The van der Waals surface area contributed by atoms with Crippen LogP contribution in [0.2, 0.25) is 0 Å². The fourth-order valence-corrected chi connectivity index (χ4v) is 6.21. The van der Waals surface area contributed by atoms with Gasteiger partial charge in [0.15, 0.2) is 5.82 Å². The van der Waals surface area contributed by atoms with E-state index < -0.39 is 27.2 Å². The zero-order valence-electron chi connectivity index (χ0n) is 21.4. The molecule has 1 aliphatic carbocycles. The van der Waals surface area contributed by atoms with Crippen LogP contribution in [0, 0.1) is 5.82 Å². The van der Waals surface area contributed by atoms with Crippen molar-refractivity contribution in [3.05, 3.63) is 42.2 Å². The summed E-state index contributed by atoms with van der Waals surface area (Å²) in [7, 11) is 0.587. The van der Waals surface area contributed by atoms with E-state index in [0.717, 1.165) is 31.7 Å². The number of ether oxygens (including phenoxy) is 3. The van der Waals surface area contributed by atoms with Crippen LogP contribution in [-0.2, 0) is 14.8 Å². The van der Waals surface area contributed by atoms with Crippen LogP contribution in [-0.4, -0.2) is 78.9 Å². The molecular formula is C24H30FN7O5S. The Morgan fingerprint density at radius 1 is 1.03 bits per heavy atom. The maximum absolute atomic E-state index is 13.8. The van der Waals surface area contributed by atoms with Gasteiger partial charge in [0.05, 0.1) is 32.7 Å². The number of hydrogen-bond donors (Lipinski definition) is 1. The van der Waals surface area contributed by atoms with Gasteiger partial charge in [-0.05, 0) is 31.4 Å². The minimum Gasteiger partial charge on any atom is -0.494 e. The van der Waals surface area contributed by atoms with Gasteiger partial charge in [-0.3, -0.25) is 9.29 Å². The summed E-state index contributed by atoms with van der Waals surface area (Å²) in [5.41, 5.74) is 0.516. The Balaban J connectivity index is 1.51. The average molecular weight is 548 g/mol. The van der Waals surface area contributed by atoms with Crippen molar-refractivity contribution in [3.8, 4) is 17.2 Å². The second kappa shape index (κ2) is 10.7. The van der Waals surface area contributed by atoms with Crippen molar-refractivity contribution in [3.63, 3.8) is 0 Å².